The standard InChI is InChI=1S/C10H14N2O3/c1-6-4-11(2)7-5-12(3)8(10(13)14)9(7)15-6/h5-6H,4H2,1-3H3,(H,13,14). The number of ether oxygens (including phenoxy) is 1. The van der Waals surface area contributed by atoms with Crippen LogP contribution in [0.1, 0.15) is 17.4 Å². The predicted octanol–water partition coefficient (Wildman–Crippen LogP) is 0.940. The molecular weight excluding hydrogens is 196 g/mol. The van der Waals surface area contributed by atoms with Crippen molar-refractivity contribution in [3.8, 4) is 5.75 Å². The maximum Gasteiger partial charge on any atom is 0.356 e. The normalized spacial score (nSPS) is 19.7. The molecule has 2 rings (SSSR count). The van der Waals surface area contributed by atoms with Crippen LogP contribution < -0.4 is 9.64 Å². The minimum absolute atomic E-state index is 0.0167. The van der Waals surface area contributed by atoms with Gasteiger partial charge in [0.15, 0.2) is 11.4 Å². The van der Waals surface area contributed by atoms with E-state index >= 15 is 0 Å². The SMILES string of the molecule is CC1CN(C)c2cn(C)c(C(=O)O)c2O1. The van der Waals surface area contributed by atoms with E-state index in [-0.39, 0.29) is 11.8 Å². The fraction of sp³-hybridized carbons (Fsp3) is 0.500. The maximum absolute atomic E-state index is 11.0. The van der Waals surface area contributed by atoms with Crippen LogP contribution in [0.2, 0.25) is 0 Å². The van der Waals surface area contributed by atoms with E-state index in [4.69, 9.17) is 9.84 Å². The minimum atomic E-state index is -0.957. The molecule has 1 aromatic rings. The van der Waals surface area contributed by atoms with Crippen molar-refractivity contribution >= 4 is 11.7 Å². The number of hydrogen-bond acceptors (Lipinski definition) is 3. The zero-order valence-corrected chi connectivity index (χ0v) is 9.02. The third-order valence-electron chi connectivity index (χ3n) is 2.58. The van der Waals surface area contributed by atoms with Gasteiger partial charge in [-0.15, -0.1) is 0 Å². The maximum atomic E-state index is 11.0. The Morgan fingerprint density at radius 2 is 2.27 bits per heavy atom. The van der Waals surface area contributed by atoms with Crippen molar-refractivity contribution in [3.63, 3.8) is 0 Å². The van der Waals surface area contributed by atoms with Crippen molar-refractivity contribution in [1.29, 1.82) is 0 Å². The Balaban J connectivity index is 2.56. The molecular formula is C10H14N2O3. The first-order valence-electron chi connectivity index (χ1n) is 4.81. The molecule has 1 N–H and O–H groups in total. The number of rotatable bonds is 1. The first-order chi connectivity index (χ1) is 7.00. The summed E-state index contributed by atoms with van der Waals surface area (Å²) in [6, 6.07) is 0. The number of fused-ring (bicyclic) bond motifs is 1. The zero-order chi connectivity index (χ0) is 11.2. The van der Waals surface area contributed by atoms with Crippen LogP contribution in [0.15, 0.2) is 6.20 Å². The Hall–Kier alpha value is -1.65. The lowest BCUT2D eigenvalue weighted by Gasteiger charge is -2.29. The van der Waals surface area contributed by atoms with E-state index in [2.05, 4.69) is 0 Å². The van der Waals surface area contributed by atoms with Crippen LogP contribution in [0.5, 0.6) is 5.75 Å². The predicted molar refractivity (Wildman–Crippen MR) is 55.7 cm³/mol. The van der Waals surface area contributed by atoms with E-state index in [1.807, 2.05) is 18.9 Å². The lowest BCUT2D eigenvalue weighted by molar-refractivity contribution is 0.0678. The summed E-state index contributed by atoms with van der Waals surface area (Å²) in [6.07, 6.45) is 1.80. The quantitative estimate of drug-likeness (QED) is 0.749. The molecule has 1 aliphatic rings. The molecule has 0 saturated carbocycles. The monoisotopic (exact) mass is 210 g/mol. The lowest BCUT2D eigenvalue weighted by atomic mass is 10.2. The molecule has 0 amide bonds. The van der Waals surface area contributed by atoms with Crippen LogP contribution in [0.25, 0.3) is 0 Å². The van der Waals surface area contributed by atoms with Crippen LogP contribution in [-0.4, -0.2) is 35.3 Å². The summed E-state index contributed by atoms with van der Waals surface area (Å²) < 4.78 is 7.16. The molecule has 0 spiro atoms. The number of carboxylic acid groups (broad SMARTS) is 1. The van der Waals surface area contributed by atoms with Gasteiger partial charge in [0.2, 0.25) is 0 Å². The van der Waals surface area contributed by atoms with Gasteiger partial charge in [-0.1, -0.05) is 0 Å². The number of likely N-dealkylation sites (N-methyl/N-ethyl adjacent to an activating group) is 1. The summed E-state index contributed by atoms with van der Waals surface area (Å²) in [5.74, 6) is -0.479. The van der Waals surface area contributed by atoms with Crippen molar-refractivity contribution in [3.05, 3.63) is 11.9 Å². The average molecular weight is 210 g/mol. The van der Waals surface area contributed by atoms with Crippen molar-refractivity contribution in [2.45, 2.75) is 13.0 Å². The third-order valence-corrected chi connectivity index (χ3v) is 2.58. The van der Waals surface area contributed by atoms with Crippen LogP contribution in [-0.2, 0) is 7.05 Å². The molecule has 0 fully saturated rings. The van der Waals surface area contributed by atoms with E-state index in [0.29, 0.717) is 5.75 Å². The van der Waals surface area contributed by atoms with Gasteiger partial charge in [-0.2, -0.15) is 0 Å². The van der Waals surface area contributed by atoms with Crippen LogP contribution >= 0.6 is 0 Å². The summed E-state index contributed by atoms with van der Waals surface area (Å²) in [5.41, 5.74) is 1.05. The molecule has 5 nitrogen and oxygen atoms in total. The fourth-order valence-corrected chi connectivity index (χ4v) is 1.95. The van der Waals surface area contributed by atoms with E-state index in [0.717, 1.165) is 12.2 Å². The first kappa shape index (κ1) is 9.89. The van der Waals surface area contributed by atoms with E-state index in [1.165, 1.54) is 0 Å². The highest BCUT2D eigenvalue weighted by Crippen LogP contribution is 2.37. The van der Waals surface area contributed by atoms with Crippen LogP contribution in [0.3, 0.4) is 0 Å². The topological polar surface area (TPSA) is 54.7 Å². The highest BCUT2D eigenvalue weighted by atomic mass is 16.5. The first-order valence-corrected chi connectivity index (χ1v) is 4.81. The Morgan fingerprint density at radius 1 is 1.60 bits per heavy atom. The molecule has 5 heteroatoms. The van der Waals surface area contributed by atoms with Crippen molar-refractivity contribution in [2.24, 2.45) is 7.05 Å². The number of anilines is 1. The molecule has 82 valence electrons. The molecule has 1 aliphatic heterocycles. The number of carbonyl (C=O) groups is 1. The largest absolute Gasteiger partial charge is 0.484 e. The molecule has 0 aromatic carbocycles. The van der Waals surface area contributed by atoms with Gasteiger partial charge in [0.25, 0.3) is 0 Å². The van der Waals surface area contributed by atoms with Gasteiger partial charge in [-0.25, -0.2) is 4.79 Å². The number of nitrogens with zero attached hydrogens (tertiary/aromatic N) is 2. The van der Waals surface area contributed by atoms with E-state index in [9.17, 15) is 4.79 Å². The molecule has 0 bridgehead atoms. The summed E-state index contributed by atoms with van der Waals surface area (Å²) in [6.45, 7) is 2.70. The summed E-state index contributed by atoms with van der Waals surface area (Å²) >= 11 is 0. The molecule has 0 saturated heterocycles. The molecule has 1 aromatic heterocycles. The zero-order valence-electron chi connectivity index (χ0n) is 9.02. The van der Waals surface area contributed by atoms with Crippen LogP contribution in [0.4, 0.5) is 5.69 Å². The summed E-state index contributed by atoms with van der Waals surface area (Å²) in [4.78, 5) is 13.1. The molecule has 0 aliphatic carbocycles. The van der Waals surface area contributed by atoms with Crippen molar-refractivity contribution in [1.82, 2.24) is 4.57 Å². The van der Waals surface area contributed by atoms with Gasteiger partial charge >= 0.3 is 5.97 Å². The molecule has 15 heavy (non-hydrogen) atoms. The summed E-state index contributed by atoms with van der Waals surface area (Å²) in [7, 11) is 3.65. The van der Waals surface area contributed by atoms with Gasteiger partial charge < -0.3 is 19.3 Å². The molecule has 0 radical (unpaired) electrons. The number of aromatic nitrogens is 1. The number of hydrogen-bond donors (Lipinski definition) is 1. The Kier molecular flexibility index (Phi) is 2.10. The minimum Gasteiger partial charge on any atom is -0.484 e. The van der Waals surface area contributed by atoms with Crippen molar-refractivity contribution in [2.75, 3.05) is 18.5 Å². The summed E-state index contributed by atoms with van der Waals surface area (Å²) in [5, 5.41) is 9.06. The average Bonchev–Trinajstić information content (AvgIpc) is 2.41. The van der Waals surface area contributed by atoms with Gasteiger partial charge in [-0.3, -0.25) is 0 Å². The van der Waals surface area contributed by atoms with Gasteiger partial charge in [0.1, 0.15) is 6.10 Å². The highest BCUT2D eigenvalue weighted by Gasteiger charge is 2.29. The van der Waals surface area contributed by atoms with E-state index < -0.39 is 5.97 Å². The smallest absolute Gasteiger partial charge is 0.356 e. The van der Waals surface area contributed by atoms with Gasteiger partial charge in [-0.05, 0) is 6.92 Å². The van der Waals surface area contributed by atoms with Crippen LogP contribution in [0, 0.1) is 0 Å². The van der Waals surface area contributed by atoms with Gasteiger partial charge in [0.05, 0.1) is 12.2 Å². The molecule has 1 unspecified atom stereocenters. The Morgan fingerprint density at radius 3 is 2.87 bits per heavy atom. The Labute approximate surface area is 87.9 Å². The second-order valence-electron chi connectivity index (χ2n) is 3.92. The molecule has 1 atom stereocenters. The van der Waals surface area contributed by atoms with E-state index in [1.54, 1.807) is 17.8 Å². The Bertz CT molecular complexity index is 411. The lowest BCUT2D eigenvalue weighted by Crippen LogP contribution is -2.35. The van der Waals surface area contributed by atoms with Crippen molar-refractivity contribution < 1.29 is 14.6 Å². The second kappa shape index (κ2) is 3.18. The molecule has 2 heterocycles. The highest BCUT2D eigenvalue weighted by molar-refractivity contribution is 5.92. The third kappa shape index (κ3) is 1.44. The second-order valence-corrected chi connectivity index (χ2v) is 3.92. The number of aryl methyl sites for hydroxylation is 1. The van der Waals surface area contributed by atoms with Gasteiger partial charge in [0, 0.05) is 20.3 Å². The number of carboxylic acids is 1. The number of aromatic carboxylic acids is 1. The fourth-order valence-electron chi connectivity index (χ4n) is 1.95.